The largest absolute Gasteiger partial charge is 0.490 e. The van der Waals surface area contributed by atoms with Gasteiger partial charge in [0.25, 0.3) is 0 Å². The Morgan fingerprint density at radius 3 is 2.68 bits per heavy atom. The molecule has 0 radical (unpaired) electrons. The molecule has 0 atom stereocenters. The first-order valence-corrected chi connectivity index (χ1v) is 7.21. The lowest BCUT2D eigenvalue weighted by molar-refractivity contribution is 0.276. The van der Waals surface area contributed by atoms with Crippen molar-refractivity contribution in [3.63, 3.8) is 0 Å². The fourth-order valence-corrected chi connectivity index (χ4v) is 2.18. The van der Waals surface area contributed by atoms with E-state index in [9.17, 15) is 0 Å². The van der Waals surface area contributed by atoms with Crippen molar-refractivity contribution in [3.05, 3.63) is 40.8 Å². The quantitative estimate of drug-likeness (QED) is 0.754. The fraction of sp³-hybridized carbons (Fsp3) is 0.357. The van der Waals surface area contributed by atoms with E-state index in [4.69, 9.17) is 9.47 Å². The van der Waals surface area contributed by atoms with Crippen LogP contribution >= 0.6 is 11.3 Å². The van der Waals surface area contributed by atoms with Gasteiger partial charge in [0.15, 0.2) is 11.5 Å². The molecule has 4 nitrogen and oxygen atoms in total. The number of aromatic nitrogens is 1. The van der Waals surface area contributed by atoms with E-state index >= 15 is 0 Å². The van der Waals surface area contributed by atoms with Crippen LogP contribution in [0.5, 0.6) is 11.5 Å². The number of nitrogens with one attached hydrogen (secondary N) is 1. The number of nitrogens with zero attached hydrogens (tertiary/aromatic N) is 1. The molecule has 1 aromatic heterocycles. The maximum atomic E-state index is 5.71. The minimum absolute atomic E-state index is 0.614. The summed E-state index contributed by atoms with van der Waals surface area (Å²) in [7, 11) is 0. The lowest BCUT2D eigenvalue weighted by atomic mass is 10.3. The Balaban J connectivity index is 1.70. The summed E-state index contributed by atoms with van der Waals surface area (Å²) >= 11 is 1.65. The van der Waals surface area contributed by atoms with Gasteiger partial charge in [-0.05, 0) is 19.1 Å². The number of ether oxygens (including phenoxy) is 2. The minimum atomic E-state index is 0.614. The Hall–Kier alpha value is -1.59. The van der Waals surface area contributed by atoms with Crippen molar-refractivity contribution in [2.24, 2.45) is 0 Å². The zero-order valence-electron chi connectivity index (χ0n) is 11.0. The Bertz CT molecular complexity index is 474. The third-order valence-corrected chi connectivity index (χ3v) is 3.25. The van der Waals surface area contributed by atoms with Gasteiger partial charge in [-0.1, -0.05) is 12.1 Å². The van der Waals surface area contributed by atoms with Crippen LogP contribution in [0.3, 0.4) is 0 Å². The van der Waals surface area contributed by atoms with Crippen LogP contribution in [0.1, 0.15) is 11.8 Å². The third kappa shape index (κ3) is 4.54. The van der Waals surface area contributed by atoms with E-state index in [-0.39, 0.29) is 0 Å². The monoisotopic (exact) mass is 278 g/mol. The average molecular weight is 278 g/mol. The standard InChI is InChI=1S/C14H18N2O2S/c1-2-17-13-5-3-4-6-14(13)18-8-7-15-9-12-10-16-11-19-12/h3-6,10-11,15H,2,7-9H2,1H3. The van der Waals surface area contributed by atoms with Crippen LogP contribution in [-0.2, 0) is 6.54 Å². The van der Waals surface area contributed by atoms with Crippen molar-refractivity contribution < 1.29 is 9.47 Å². The second-order valence-corrected chi connectivity index (χ2v) is 4.84. The van der Waals surface area contributed by atoms with E-state index < -0.39 is 0 Å². The van der Waals surface area contributed by atoms with Crippen LogP contribution in [0.2, 0.25) is 0 Å². The van der Waals surface area contributed by atoms with Crippen LogP contribution in [0.15, 0.2) is 36.0 Å². The molecule has 0 aliphatic carbocycles. The molecule has 0 aliphatic heterocycles. The first-order chi connectivity index (χ1) is 9.40. The minimum Gasteiger partial charge on any atom is -0.490 e. The third-order valence-electron chi connectivity index (χ3n) is 2.47. The molecular weight excluding hydrogens is 260 g/mol. The average Bonchev–Trinajstić information content (AvgIpc) is 2.94. The molecular formula is C14H18N2O2S. The molecule has 102 valence electrons. The smallest absolute Gasteiger partial charge is 0.161 e. The molecule has 0 unspecified atom stereocenters. The molecule has 0 saturated carbocycles. The molecule has 0 fully saturated rings. The number of thiazole rings is 1. The summed E-state index contributed by atoms with van der Waals surface area (Å²) in [6.07, 6.45) is 1.88. The number of hydrogen-bond acceptors (Lipinski definition) is 5. The van der Waals surface area contributed by atoms with Crippen LogP contribution in [0, 0.1) is 0 Å². The SMILES string of the molecule is CCOc1ccccc1OCCNCc1cncs1. The van der Waals surface area contributed by atoms with Gasteiger partial charge >= 0.3 is 0 Å². The number of rotatable bonds is 8. The molecule has 0 bridgehead atoms. The molecule has 1 aromatic carbocycles. The molecule has 5 heteroatoms. The van der Waals surface area contributed by atoms with Gasteiger partial charge in [-0.3, -0.25) is 4.98 Å². The van der Waals surface area contributed by atoms with Gasteiger partial charge in [-0.15, -0.1) is 11.3 Å². The van der Waals surface area contributed by atoms with Gasteiger partial charge in [0.1, 0.15) is 6.61 Å². The van der Waals surface area contributed by atoms with Crippen molar-refractivity contribution in [1.29, 1.82) is 0 Å². The Labute approximate surface area is 117 Å². The lowest BCUT2D eigenvalue weighted by Crippen LogP contribution is -2.20. The second kappa shape index (κ2) is 7.76. The van der Waals surface area contributed by atoms with Crippen molar-refractivity contribution in [3.8, 4) is 11.5 Å². The molecule has 2 rings (SSSR count). The van der Waals surface area contributed by atoms with Gasteiger partial charge in [0, 0.05) is 24.2 Å². The molecule has 0 amide bonds. The highest BCUT2D eigenvalue weighted by Gasteiger charge is 2.02. The molecule has 0 aliphatic rings. The van der Waals surface area contributed by atoms with E-state index in [2.05, 4.69) is 10.3 Å². The Morgan fingerprint density at radius 1 is 1.21 bits per heavy atom. The second-order valence-electron chi connectivity index (χ2n) is 3.87. The van der Waals surface area contributed by atoms with E-state index in [0.717, 1.165) is 24.6 Å². The normalized spacial score (nSPS) is 10.4. The summed E-state index contributed by atoms with van der Waals surface area (Å²) in [5.41, 5.74) is 1.84. The molecule has 1 N–H and O–H groups in total. The Kier molecular flexibility index (Phi) is 5.65. The molecule has 1 heterocycles. The first-order valence-electron chi connectivity index (χ1n) is 6.33. The maximum absolute atomic E-state index is 5.71. The van der Waals surface area contributed by atoms with Crippen LogP contribution < -0.4 is 14.8 Å². The van der Waals surface area contributed by atoms with E-state index in [0.29, 0.717) is 13.2 Å². The number of para-hydroxylation sites is 2. The Morgan fingerprint density at radius 2 is 2.00 bits per heavy atom. The summed E-state index contributed by atoms with van der Waals surface area (Å²) < 4.78 is 11.2. The molecule has 0 saturated heterocycles. The van der Waals surface area contributed by atoms with Crippen LogP contribution in [-0.4, -0.2) is 24.7 Å². The summed E-state index contributed by atoms with van der Waals surface area (Å²) in [5, 5.41) is 3.31. The van der Waals surface area contributed by atoms with Gasteiger partial charge in [-0.25, -0.2) is 0 Å². The summed E-state index contributed by atoms with van der Waals surface area (Å²) in [6, 6.07) is 7.74. The predicted octanol–water partition coefficient (Wildman–Crippen LogP) is 2.71. The van der Waals surface area contributed by atoms with E-state index in [1.54, 1.807) is 11.3 Å². The zero-order valence-corrected chi connectivity index (χ0v) is 11.8. The summed E-state index contributed by atoms with van der Waals surface area (Å²) in [5.74, 6) is 1.59. The lowest BCUT2D eigenvalue weighted by Gasteiger charge is -2.11. The summed E-state index contributed by atoms with van der Waals surface area (Å²) in [4.78, 5) is 5.26. The predicted molar refractivity (Wildman–Crippen MR) is 76.9 cm³/mol. The highest BCUT2D eigenvalue weighted by molar-refractivity contribution is 7.09. The van der Waals surface area contributed by atoms with Crippen molar-refractivity contribution in [2.45, 2.75) is 13.5 Å². The van der Waals surface area contributed by atoms with Crippen LogP contribution in [0.25, 0.3) is 0 Å². The van der Waals surface area contributed by atoms with E-state index in [1.165, 1.54) is 4.88 Å². The topological polar surface area (TPSA) is 43.4 Å². The van der Waals surface area contributed by atoms with Gasteiger partial charge < -0.3 is 14.8 Å². The van der Waals surface area contributed by atoms with Crippen molar-refractivity contribution >= 4 is 11.3 Å². The van der Waals surface area contributed by atoms with Crippen molar-refractivity contribution in [1.82, 2.24) is 10.3 Å². The number of benzene rings is 1. The molecule has 0 spiro atoms. The fourth-order valence-electron chi connectivity index (χ4n) is 1.62. The van der Waals surface area contributed by atoms with Gasteiger partial charge in [0.2, 0.25) is 0 Å². The highest BCUT2D eigenvalue weighted by atomic mass is 32.1. The van der Waals surface area contributed by atoms with Crippen molar-refractivity contribution in [2.75, 3.05) is 19.8 Å². The van der Waals surface area contributed by atoms with Crippen LogP contribution in [0.4, 0.5) is 0 Å². The first kappa shape index (κ1) is 13.8. The molecule has 2 aromatic rings. The van der Waals surface area contributed by atoms with Gasteiger partial charge in [-0.2, -0.15) is 0 Å². The van der Waals surface area contributed by atoms with E-state index in [1.807, 2.05) is 42.9 Å². The summed E-state index contributed by atoms with van der Waals surface area (Å²) in [6.45, 7) is 4.85. The number of hydrogen-bond donors (Lipinski definition) is 1. The molecule has 19 heavy (non-hydrogen) atoms. The maximum Gasteiger partial charge on any atom is 0.161 e. The highest BCUT2D eigenvalue weighted by Crippen LogP contribution is 2.25. The van der Waals surface area contributed by atoms with Gasteiger partial charge in [0.05, 0.1) is 12.1 Å². The zero-order chi connectivity index (χ0) is 13.3.